The standard InChI is InChI=1S/C39H45N/c1-26-21-22-30(40(28-17-13-11-14-18-28)29-19-15-12-16-20-29)25-31(26)27-23-32-34-33(24-27)36(4,5)38(8,9)39(34,10)37(6,7)35(32,2)3/h11-25H,1-10H3. The zero-order chi connectivity index (χ0) is 28.9. The minimum absolute atomic E-state index is 0.0568. The lowest BCUT2D eigenvalue weighted by Crippen LogP contribution is -2.55. The van der Waals surface area contributed by atoms with Gasteiger partial charge < -0.3 is 4.90 Å². The van der Waals surface area contributed by atoms with Crippen LogP contribution < -0.4 is 4.90 Å². The van der Waals surface area contributed by atoms with Crippen molar-refractivity contribution in [2.75, 3.05) is 4.90 Å². The normalized spacial score (nSPS) is 20.2. The summed E-state index contributed by atoms with van der Waals surface area (Å²) in [5.74, 6) is 0. The maximum absolute atomic E-state index is 2.56. The van der Waals surface area contributed by atoms with Crippen molar-refractivity contribution >= 4 is 17.1 Å². The molecule has 6 rings (SSSR count). The smallest absolute Gasteiger partial charge is 0.0467 e. The van der Waals surface area contributed by atoms with Crippen LogP contribution in [0.3, 0.4) is 0 Å². The first kappa shape index (κ1) is 26.9. The average molecular weight is 528 g/mol. The highest BCUT2D eigenvalue weighted by Gasteiger charge is 2.72. The van der Waals surface area contributed by atoms with Crippen molar-refractivity contribution in [2.24, 2.45) is 10.8 Å². The predicted molar refractivity (Wildman–Crippen MR) is 172 cm³/mol. The van der Waals surface area contributed by atoms with Crippen LogP contribution in [0.2, 0.25) is 0 Å². The Morgan fingerprint density at radius 2 is 0.950 bits per heavy atom. The topological polar surface area (TPSA) is 3.24 Å². The molecule has 4 aromatic carbocycles. The molecule has 0 unspecified atom stereocenters. The summed E-state index contributed by atoms with van der Waals surface area (Å²) in [7, 11) is 0. The molecule has 0 bridgehead atoms. The molecule has 0 spiro atoms. The van der Waals surface area contributed by atoms with Crippen molar-refractivity contribution in [1.29, 1.82) is 0 Å². The van der Waals surface area contributed by atoms with Crippen LogP contribution in [-0.4, -0.2) is 0 Å². The van der Waals surface area contributed by atoms with Gasteiger partial charge in [-0.3, -0.25) is 0 Å². The zero-order valence-electron chi connectivity index (χ0n) is 26.1. The zero-order valence-corrected chi connectivity index (χ0v) is 26.1. The third kappa shape index (κ3) is 3.15. The van der Waals surface area contributed by atoms with Gasteiger partial charge in [0.05, 0.1) is 0 Å². The van der Waals surface area contributed by atoms with E-state index >= 15 is 0 Å². The predicted octanol–water partition coefficient (Wildman–Crippen LogP) is 11.0. The maximum Gasteiger partial charge on any atom is 0.0467 e. The first-order valence-corrected chi connectivity index (χ1v) is 14.9. The number of rotatable bonds is 4. The molecule has 0 atom stereocenters. The van der Waals surface area contributed by atoms with Crippen LogP contribution in [0.1, 0.15) is 84.6 Å². The first-order chi connectivity index (χ1) is 18.7. The molecule has 206 valence electrons. The summed E-state index contributed by atoms with van der Waals surface area (Å²) in [6, 6.07) is 33.5. The number of hydrogen-bond donors (Lipinski definition) is 0. The fourth-order valence-electron chi connectivity index (χ4n) is 8.31. The number of para-hydroxylation sites is 2. The lowest BCUT2D eigenvalue weighted by atomic mass is 9.47. The number of benzene rings is 4. The van der Waals surface area contributed by atoms with Crippen molar-refractivity contribution in [3.63, 3.8) is 0 Å². The molecule has 40 heavy (non-hydrogen) atoms. The van der Waals surface area contributed by atoms with Crippen LogP contribution in [0.25, 0.3) is 11.1 Å². The molecular formula is C39H45N. The third-order valence-electron chi connectivity index (χ3n) is 12.4. The van der Waals surface area contributed by atoms with Crippen molar-refractivity contribution in [2.45, 2.75) is 85.5 Å². The molecule has 0 N–H and O–H groups in total. The molecular weight excluding hydrogens is 482 g/mol. The van der Waals surface area contributed by atoms with Gasteiger partial charge in [0.25, 0.3) is 0 Å². The summed E-state index contributed by atoms with van der Waals surface area (Å²) >= 11 is 0. The number of anilines is 3. The van der Waals surface area contributed by atoms with E-state index in [4.69, 9.17) is 0 Å². The molecule has 2 aliphatic carbocycles. The van der Waals surface area contributed by atoms with Crippen molar-refractivity contribution in [3.05, 3.63) is 113 Å². The molecule has 0 radical (unpaired) electrons. The van der Waals surface area contributed by atoms with Crippen LogP contribution in [-0.2, 0) is 16.2 Å². The summed E-state index contributed by atoms with van der Waals surface area (Å²) in [6.07, 6.45) is 0. The minimum Gasteiger partial charge on any atom is -0.310 e. The van der Waals surface area contributed by atoms with Gasteiger partial charge in [-0.25, -0.2) is 0 Å². The van der Waals surface area contributed by atoms with Gasteiger partial charge >= 0.3 is 0 Å². The second kappa shape index (κ2) is 8.35. The summed E-state index contributed by atoms with van der Waals surface area (Å²) in [5.41, 5.74) is 12.6. The van der Waals surface area contributed by atoms with E-state index in [0.717, 1.165) is 11.4 Å². The van der Waals surface area contributed by atoms with Gasteiger partial charge in [0.1, 0.15) is 0 Å². The monoisotopic (exact) mass is 527 g/mol. The quantitative estimate of drug-likeness (QED) is 0.255. The van der Waals surface area contributed by atoms with Gasteiger partial charge in [-0.05, 0) is 98.4 Å². The molecule has 0 heterocycles. The number of nitrogens with zero attached hydrogens (tertiary/aromatic N) is 1. The van der Waals surface area contributed by atoms with Gasteiger partial charge in [-0.1, -0.05) is 117 Å². The molecule has 1 heteroatoms. The average Bonchev–Trinajstić information content (AvgIpc) is 3.13. The largest absolute Gasteiger partial charge is 0.310 e. The summed E-state index contributed by atoms with van der Waals surface area (Å²) in [5, 5.41) is 0. The van der Waals surface area contributed by atoms with E-state index in [1.165, 1.54) is 22.4 Å². The highest BCUT2D eigenvalue weighted by atomic mass is 15.1. The lowest BCUT2D eigenvalue weighted by Gasteiger charge is -2.56. The van der Waals surface area contributed by atoms with E-state index < -0.39 is 0 Å². The first-order valence-electron chi connectivity index (χ1n) is 14.9. The second-order valence-electron chi connectivity index (χ2n) is 14.6. The van der Waals surface area contributed by atoms with Crippen LogP contribution >= 0.6 is 0 Å². The van der Waals surface area contributed by atoms with Crippen molar-refractivity contribution < 1.29 is 0 Å². The molecule has 0 fully saturated rings. The number of hydrogen-bond acceptors (Lipinski definition) is 1. The van der Waals surface area contributed by atoms with Crippen LogP contribution in [0, 0.1) is 17.8 Å². The summed E-state index contributed by atoms with van der Waals surface area (Å²) < 4.78 is 0. The molecule has 0 saturated heterocycles. The Bertz CT molecular complexity index is 1510. The Labute approximate surface area is 242 Å². The Morgan fingerprint density at radius 1 is 0.500 bits per heavy atom. The molecule has 4 aromatic rings. The lowest BCUT2D eigenvalue weighted by molar-refractivity contribution is -0.0105. The molecule has 0 aliphatic heterocycles. The van der Waals surface area contributed by atoms with Crippen molar-refractivity contribution in [3.8, 4) is 11.1 Å². The molecule has 0 amide bonds. The SMILES string of the molecule is Cc1ccc(N(c2ccccc2)c2ccccc2)cc1-c1cc2c3c(c1)C(C)(C)C(C)(C)C3(C)C(C)(C)C2(C)C. The second-order valence-corrected chi connectivity index (χ2v) is 14.6. The van der Waals surface area contributed by atoms with Gasteiger partial charge in [0.2, 0.25) is 0 Å². The van der Waals surface area contributed by atoms with Gasteiger partial charge in [-0.2, -0.15) is 0 Å². The van der Waals surface area contributed by atoms with Crippen LogP contribution in [0.15, 0.2) is 91.0 Å². The summed E-state index contributed by atoms with van der Waals surface area (Å²) in [6.45, 7) is 24.8. The van der Waals surface area contributed by atoms with E-state index in [0.29, 0.717) is 0 Å². The summed E-state index contributed by atoms with van der Waals surface area (Å²) in [4.78, 5) is 2.37. The molecule has 2 aliphatic rings. The van der Waals surface area contributed by atoms with E-state index in [9.17, 15) is 0 Å². The third-order valence-corrected chi connectivity index (χ3v) is 12.4. The minimum atomic E-state index is 0.0568. The van der Waals surface area contributed by atoms with E-state index in [2.05, 4.69) is 165 Å². The van der Waals surface area contributed by atoms with Crippen LogP contribution in [0.5, 0.6) is 0 Å². The Kier molecular flexibility index (Phi) is 5.61. The molecule has 0 aromatic heterocycles. The van der Waals surface area contributed by atoms with Gasteiger partial charge in [-0.15, -0.1) is 0 Å². The van der Waals surface area contributed by atoms with Gasteiger partial charge in [0, 0.05) is 22.5 Å². The fourth-order valence-corrected chi connectivity index (χ4v) is 8.31. The maximum atomic E-state index is 2.56. The van der Waals surface area contributed by atoms with Gasteiger partial charge in [0.15, 0.2) is 0 Å². The Hall–Kier alpha value is -3.32. The van der Waals surface area contributed by atoms with E-state index in [1.54, 1.807) is 16.7 Å². The van der Waals surface area contributed by atoms with Crippen molar-refractivity contribution in [1.82, 2.24) is 0 Å². The molecule has 0 saturated carbocycles. The fraction of sp³-hybridized carbons (Fsp3) is 0.385. The highest BCUT2D eigenvalue weighted by molar-refractivity contribution is 5.82. The molecule has 1 nitrogen and oxygen atoms in total. The Morgan fingerprint density at radius 3 is 1.40 bits per heavy atom. The van der Waals surface area contributed by atoms with E-state index in [-0.39, 0.29) is 27.1 Å². The van der Waals surface area contributed by atoms with Crippen LogP contribution in [0.4, 0.5) is 17.1 Å². The Balaban J connectivity index is 1.60. The number of aryl methyl sites for hydroxylation is 1. The van der Waals surface area contributed by atoms with E-state index in [1.807, 2.05) is 0 Å². The highest BCUT2D eigenvalue weighted by Crippen LogP contribution is 2.76.